The molecular weight excluding hydrogens is 200 g/mol. The highest BCUT2D eigenvalue weighted by Crippen LogP contribution is 2.34. The molecule has 0 unspecified atom stereocenters. The number of nitrogens with one attached hydrogen (secondary N) is 1. The summed E-state index contributed by atoms with van der Waals surface area (Å²) >= 11 is 0. The molecule has 0 fully saturated rings. The molecule has 0 radical (unpaired) electrons. The highest BCUT2D eigenvalue weighted by Gasteiger charge is 2.24. The number of aromatic nitrogens is 1. The molecule has 0 spiro atoms. The molecule has 0 bridgehead atoms. The number of hydrogen-bond donors (Lipinski definition) is 1. The van der Waals surface area contributed by atoms with Crippen LogP contribution in [0.3, 0.4) is 0 Å². The zero-order valence-electron chi connectivity index (χ0n) is 9.50. The summed E-state index contributed by atoms with van der Waals surface area (Å²) in [5, 5.41) is 1.26. The highest BCUT2D eigenvalue weighted by molar-refractivity contribution is 5.99. The Bertz CT molecular complexity index is 583. The predicted molar refractivity (Wildman–Crippen MR) is 64.8 cm³/mol. The average Bonchev–Trinajstić information content (AvgIpc) is 2.77. The first-order valence-corrected chi connectivity index (χ1v) is 5.56. The largest absolute Gasteiger partial charge is 0.359 e. The Morgan fingerprint density at radius 3 is 3.00 bits per heavy atom. The molecule has 1 aromatic heterocycles. The number of benzene rings is 1. The van der Waals surface area contributed by atoms with Crippen molar-refractivity contribution < 1.29 is 4.79 Å². The molecular formula is C13H14N2O. The molecule has 3 rings (SSSR count). The molecule has 3 heteroatoms. The van der Waals surface area contributed by atoms with E-state index in [1.165, 1.54) is 22.2 Å². The van der Waals surface area contributed by atoms with Gasteiger partial charge in [-0.3, -0.25) is 4.79 Å². The van der Waals surface area contributed by atoms with Gasteiger partial charge in [-0.15, -0.1) is 0 Å². The van der Waals surface area contributed by atoms with E-state index in [-0.39, 0.29) is 5.91 Å². The molecule has 1 aromatic carbocycles. The SMILES string of the molecule is CC(=O)N1CCc2c1ccc1[nH]c(C)cc21. The summed E-state index contributed by atoms with van der Waals surface area (Å²) in [6, 6.07) is 6.27. The van der Waals surface area contributed by atoms with Crippen molar-refractivity contribution in [1.29, 1.82) is 0 Å². The Hall–Kier alpha value is -1.77. The number of fused-ring (bicyclic) bond motifs is 3. The number of carbonyl (C=O) groups excluding carboxylic acids is 1. The van der Waals surface area contributed by atoms with Gasteiger partial charge in [0.05, 0.1) is 0 Å². The Labute approximate surface area is 94.1 Å². The zero-order chi connectivity index (χ0) is 11.3. The van der Waals surface area contributed by atoms with Gasteiger partial charge in [-0.1, -0.05) is 0 Å². The van der Waals surface area contributed by atoms with Crippen molar-refractivity contribution in [2.45, 2.75) is 20.3 Å². The van der Waals surface area contributed by atoms with Crippen molar-refractivity contribution in [1.82, 2.24) is 4.98 Å². The van der Waals surface area contributed by atoms with Crippen LogP contribution < -0.4 is 4.90 Å². The molecule has 1 aliphatic heterocycles. The van der Waals surface area contributed by atoms with Crippen molar-refractivity contribution in [3.05, 3.63) is 29.5 Å². The summed E-state index contributed by atoms with van der Waals surface area (Å²) in [6.07, 6.45) is 0.962. The van der Waals surface area contributed by atoms with Gasteiger partial charge in [-0.05, 0) is 37.1 Å². The second-order valence-corrected chi connectivity index (χ2v) is 4.40. The van der Waals surface area contributed by atoms with Gasteiger partial charge in [-0.25, -0.2) is 0 Å². The van der Waals surface area contributed by atoms with Gasteiger partial charge >= 0.3 is 0 Å². The van der Waals surface area contributed by atoms with E-state index in [0.29, 0.717) is 0 Å². The third-order valence-corrected chi connectivity index (χ3v) is 3.28. The Morgan fingerprint density at radius 2 is 2.25 bits per heavy atom. The van der Waals surface area contributed by atoms with Gasteiger partial charge in [0, 0.05) is 35.8 Å². The van der Waals surface area contributed by atoms with Crippen molar-refractivity contribution in [2.75, 3.05) is 11.4 Å². The Morgan fingerprint density at radius 1 is 1.44 bits per heavy atom. The summed E-state index contributed by atoms with van der Waals surface area (Å²) in [5.41, 5.74) is 4.72. The van der Waals surface area contributed by atoms with Crippen LogP contribution in [0.15, 0.2) is 18.2 Å². The van der Waals surface area contributed by atoms with E-state index in [1.807, 2.05) is 11.0 Å². The third-order valence-electron chi connectivity index (χ3n) is 3.28. The maximum absolute atomic E-state index is 11.5. The van der Waals surface area contributed by atoms with Gasteiger partial charge in [0.2, 0.25) is 5.91 Å². The van der Waals surface area contributed by atoms with Crippen molar-refractivity contribution in [2.24, 2.45) is 0 Å². The average molecular weight is 214 g/mol. The number of anilines is 1. The summed E-state index contributed by atoms with van der Waals surface area (Å²) in [6.45, 7) is 4.50. The van der Waals surface area contributed by atoms with Gasteiger partial charge in [0.15, 0.2) is 0 Å². The molecule has 1 amide bonds. The van der Waals surface area contributed by atoms with Crippen molar-refractivity contribution >= 4 is 22.5 Å². The molecule has 82 valence electrons. The van der Waals surface area contributed by atoms with E-state index >= 15 is 0 Å². The van der Waals surface area contributed by atoms with Crippen LogP contribution in [0.2, 0.25) is 0 Å². The predicted octanol–water partition coefficient (Wildman–Crippen LogP) is 2.39. The lowest BCUT2D eigenvalue weighted by Crippen LogP contribution is -2.25. The fraction of sp³-hybridized carbons (Fsp3) is 0.308. The second kappa shape index (κ2) is 3.11. The van der Waals surface area contributed by atoms with Crippen LogP contribution in [-0.4, -0.2) is 17.4 Å². The number of nitrogens with zero attached hydrogens (tertiary/aromatic N) is 1. The number of aryl methyl sites for hydroxylation is 1. The Balaban J connectivity index is 2.26. The van der Waals surface area contributed by atoms with E-state index in [1.54, 1.807) is 6.92 Å². The molecule has 1 aliphatic rings. The van der Waals surface area contributed by atoms with Crippen LogP contribution in [0.4, 0.5) is 5.69 Å². The number of H-pyrrole nitrogens is 1. The lowest BCUT2D eigenvalue weighted by molar-refractivity contribution is -0.116. The molecule has 3 nitrogen and oxygen atoms in total. The van der Waals surface area contributed by atoms with Crippen LogP contribution in [0.1, 0.15) is 18.2 Å². The fourth-order valence-corrected chi connectivity index (χ4v) is 2.58. The van der Waals surface area contributed by atoms with Gasteiger partial charge in [0.1, 0.15) is 0 Å². The Kier molecular flexibility index (Phi) is 1.84. The highest BCUT2D eigenvalue weighted by atomic mass is 16.2. The molecule has 2 heterocycles. The third kappa shape index (κ3) is 1.18. The number of hydrogen-bond acceptors (Lipinski definition) is 1. The number of amides is 1. The number of rotatable bonds is 0. The minimum atomic E-state index is 0.130. The van der Waals surface area contributed by atoms with E-state index in [0.717, 1.165) is 18.7 Å². The molecule has 0 saturated heterocycles. The normalized spacial score (nSPS) is 14.5. The van der Waals surface area contributed by atoms with Crippen molar-refractivity contribution in [3.8, 4) is 0 Å². The second-order valence-electron chi connectivity index (χ2n) is 4.40. The first-order chi connectivity index (χ1) is 7.66. The van der Waals surface area contributed by atoms with E-state index < -0.39 is 0 Å². The molecule has 0 saturated carbocycles. The number of carbonyl (C=O) groups is 1. The maximum Gasteiger partial charge on any atom is 0.223 e. The van der Waals surface area contributed by atoms with Crippen LogP contribution in [-0.2, 0) is 11.2 Å². The van der Waals surface area contributed by atoms with E-state index in [4.69, 9.17) is 0 Å². The van der Waals surface area contributed by atoms with Crippen LogP contribution in [0.25, 0.3) is 10.9 Å². The van der Waals surface area contributed by atoms with Crippen molar-refractivity contribution in [3.63, 3.8) is 0 Å². The standard InChI is InChI=1S/C13H14N2O/c1-8-7-11-10-5-6-15(9(2)16)13(10)4-3-12(11)14-8/h3-4,7,14H,5-6H2,1-2H3. The summed E-state index contributed by atoms with van der Waals surface area (Å²) < 4.78 is 0. The molecule has 2 aromatic rings. The minimum absolute atomic E-state index is 0.130. The van der Waals surface area contributed by atoms with Crippen LogP contribution in [0.5, 0.6) is 0 Å². The zero-order valence-corrected chi connectivity index (χ0v) is 9.50. The molecule has 1 N–H and O–H groups in total. The topological polar surface area (TPSA) is 36.1 Å². The quantitative estimate of drug-likeness (QED) is 0.718. The first kappa shape index (κ1) is 9.46. The maximum atomic E-state index is 11.5. The molecule has 0 atom stereocenters. The first-order valence-electron chi connectivity index (χ1n) is 5.56. The van der Waals surface area contributed by atoms with Gasteiger partial charge in [-0.2, -0.15) is 0 Å². The molecule has 16 heavy (non-hydrogen) atoms. The van der Waals surface area contributed by atoms with Gasteiger partial charge in [0.25, 0.3) is 0 Å². The number of aromatic amines is 1. The summed E-state index contributed by atoms with van der Waals surface area (Å²) in [5.74, 6) is 0.130. The van der Waals surface area contributed by atoms with Crippen LogP contribution in [0, 0.1) is 6.92 Å². The van der Waals surface area contributed by atoms with E-state index in [2.05, 4.69) is 24.0 Å². The van der Waals surface area contributed by atoms with Gasteiger partial charge < -0.3 is 9.88 Å². The van der Waals surface area contributed by atoms with Crippen LogP contribution >= 0.6 is 0 Å². The molecule has 0 aliphatic carbocycles. The smallest absolute Gasteiger partial charge is 0.223 e. The fourth-order valence-electron chi connectivity index (χ4n) is 2.58. The minimum Gasteiger partial charge on any atom is -0.359 e. The monoisotopic (exact) mass is 214 g/mol. The summed E-state index contributed by atoms with van der Waals surface area (Å²) in [4.78, 5) is 16.7. The lowest BCUT2D eigenvalue weighted by Gasteiger charge is -2.14. The lowest BCUT2D eigenvalue weighted by atomic mass is 10.1. The summed E-state index contributed by atoms with van der Waals surface area (Å²) in [7, 11) is 0. The van der Waals surface area contributed by atoms with E-state index in [9.17, 15) is 4.79 Å².